The Morgan fingerprint density at radius 1 is 1.11 bits per heavy atom. The van der Waals surface area contributed by atoms with Gasteiger partial charge in [0, 0.05) is 24.8 Å². The lowest BCUT2D eigenvalue weighted by Crippen LogP contribution is -2.52. The third kappa shape index (κ3) is 3.40. The minimum atomic E-state index is -0.737. The fourth-order valence-corrected chi connectivity index (χ4v) is 3.74. The van der Waals surface area contributed by atoms with Crippen molar-refractivity contribution < 1.29 is 19.1 Å². The zero-order chi connectivity index (χ0) is 19.7. The summed E-state index contributed by atoms with van der Waals surface area (Å²) in [7, 11) is 0. The van der Waals surface area contributed by atoms with Gasteiger partial charge in [-0.25, -0.2) is 0 Å². The molecule has 1 atom stereocenters. The Bertz CT molecular complexity index is 914. The van der Waals surface area contributed by atoms with Gasteiger partial charge in [-0.15, -0.1) is 0 Å². The summed E-state index contributed by atoms with van der Waals surface area (Å²) >= 11 is 0. The van der Waals surface area contributed by atoms with Gasteiger partial charge in [0.1, 0.15) is 11.4 Å². The van der Waals surface area contributed by atoms with Crippen LogP contribution >= 0.6 is 0 Å². The van der Waals surface area contributed by atoms with Gasteiger partial charge in [0.25, 0.3) is 11.8 Å². The van der Waals surface area contributed by atoms with E-state index in [2.05, 4.69) is 4.98 Å². The van der Waals surface area contributed by atoms with Crippen LogP contribution in [0.5, 0.6) is 5.75 Å². The molecule has 146 valence electrons. The van der Waals surface area contributed by atoms with E-state index in [4.69, 9.17) is 4.74 Å². The Balaban J connectivity index is 1.62. The van der Waals surface area contributed by atoms with Gasteiger partial charge in [0.2, 0.25) is 0 Å². The van der Waals surface area contributed by atoms with Crippen LogP contribution in [0.3, 0.4) is 0 Å². The van der Waals surface area contributed by atoms with E-state index >= 15 is 0 Å². The number of carbonyl (C=O) groups excluding carboxylic acids is 3. The lowest BCUT2D eigenvalue weighted by molar-refractivity contribution is -0.139. The van der Waals surface area contributed by atoms with Crippen LogP contribution in [0, 0.1) is 0 Å². The molecular weight excluding hydrogens is 358 g/mol. The van der Waals surface area contributed by atoms with Crippen LogP contribution in [0.25, 0.3) is 0 Å². The maximum atomic E-state index is 13.1. The summed E-state index contributed by atoms with van der Waals surface area (Å²) in [6.07, 6.45) is 3.91. The molecule has 2 aliphatic rings. The van der Waals surface area contributed by atoms with Gasteiger partial charge >= 0.3 is 0 Å². The molecule has 2 amide bonds. The second-order valence-electron chi connectivity index (χ2n) is 7.23. The van der Waals surface area contributed by atoms with Crippen molar-refractivity contribution in [2.45, 2.75) is 32.3 Å². The van der Waals surface area contributed by atoms with E-state index < -0.39 is 6.10 Å². The van der Waals surface area contributed by atoms with Crippen LogP contribution in [0.2, 0.25) is 0 Å². The molecule has 1 aromatic carbocycles. The van der Waals surface area contributed by atoms with Gasteiger partial charge in [0.05, 0.1) is 12.2 Å². The fourth-order valence-electron chi connectivity index (χ4n) is 3.74. The fraction of sp³-hybridized carbons (Fsp3) is 0.381. The molecule has 28 heavy (non-hydrogen) atoms. The summed E-state index contributed by atoms with van der Waals surface area (Å²) in [6, 6.07) is 8.75. The number of rotatable bonds is 3. The molecule has 3 heterocycles. The maximum Gasteiger partial charge on any atom is 0.274 e. The SMILES string of the molecule is CC(=O)c1c[nH]c(C(=O)N2C[C@@H](C(=O)N3CCCCC3)Oc3ccccc32)c1. The Morgan fingerprint density at radius 2 is 1.86 bits per heavy atom. The van der Waals surface area contributed by atoms with E-state index in [1.165, 1.54) is 13.1 Å². The predicted molar refractivity (Wildman–Crippen MR) is 104 cm³/mol. The van der Waals surface area contributed by atoms with Gasteiger partial charge in [0.15, 0.2) is 11.9 Å². The number of ketones is 1. The van der Waals surface area contributed by atoms with E-state index in [0.717, 1.165) is 32.4 Å². The van der Waals surface area contributed by atoms with Gasteiger partial charge in [-0.3, -0.25) is 19.3 Å². The molecule has 2 aromatic rings. The summed E-state index contributed by atoms with van der Waals surface area (Å²) in [5.41, 5.74) is 1.38. The van der Waals surface area contributed by atoms with Crippen molar-refractivity contribution >= 4 is 23.3 Å². The topological polar surface area (TPSA) is 82.7 Å². The molecule has 0 unspecified atom stereocenters. The average Bonchev–Trinajstić information content (AvgIpc) is 3.23. The quantitative estimate of drug-likeness (QED) is 0.829. The van der Waals surface area contributed by atoms with Crippen LogP contribution in [0.1, 0.15) is 47.0 Å². The first-order valence-corrected chi connectivity index (χ1v) is 9.60. The van der Waals surface area contributed by atoms with E-state index in [1.54, 1.807) is 23.1 Å². The van der Waals surface area contributed by atoms with Gasteiger partial charge in [-0.1, -0.05) is 12.1 Å². The van der Waals surface area contributed by atoms with Gasteiger partial charge in [-0.05, 0) is 44.4 Å². The molecule has 7 nitrogen and oxygen atoms in total. The molecule has 0 bridgehead atoms. The highest BCUT2D eigenvalue weighted by Crippen LogP contribution is 2.34. The average molecular weight is 381 g/mol. The second-order valence-corrected chi connectivity index (χ2v) is 7.23. The molecule has 0 spiro atoms. The minimum Gasteiger partial charge on any atom is -0.476 e. The lowest BCUT2D eigenvalue weighted by atomic mass is 10.1. The number of hydrogen-bond donors (Lipinski definition) is 1. The van der Waals surface area contributed by atoms with Crippen molar-refractivity contribution in [2.75, 3.05) is 24.5 Å². The van der Waals surface area contributed by atoms with Crippen molar-refractivity contribution in [2.24, 2.45) is 0 Å². The monoisotopic (exact) mass is 381 g/mol. The van der Waals surface area contributed by atoms with Crippen LogP contribution in [-0.2, 0) is 4.79 Å². The zero-order valence-corrected chi connectivity index (χ0v) is 15.8. The number of anilines is 1. The number of Topliss-reactive ketones (excluding diaryl/α,β-unsaturated/α-hetero) is 1. The summed E-state index contributed by atoms with van der Waals surface area (Å²) in [4.78, 5) is 43.9. The Morgan fingerprint density at radius 3 is 2.57 bits per heavy atom. The number of aromatic amines is 1. The summed E-state index contributed by atoms with van der Waals surface area (Å²) in [5, 5.41) is 0. The van der Waals surface area contributed by atoms with Gasteiger partial charge < -0.3 is 14.6 Å². The number of carbonyl (C=O) groups is 3. The van der Waals surface area contributed by atoms with E-state index in [9.17, 15) is 14.4 Å². The first-order chi connectivity index (χ1) is 13.5. The third-order valence-electron chi connectivity index (χ3n) is 5.28. The van der Waals surface area contributed by atoms with Crippen molar-refractivity contribution in [1.82, 2.24) is 9.88 Å². The van der Waals surface area contributed by atoms with Crippen molar-refractivity contribution in [3.05, 3.63) is 47.8 Å². The number of benzene rings is 1. The highest BCUT2D eigenvalue weighted by atomic mass is 16.5. The highest BCUT2D eigenvalue weighted by molar-refractivity contribution is 6.08. The molecule has 1 fully saturated rings. The summed E-state index contributed by atoms with van der Waals surface area (Å²) in [5.74, 6) is 0.0224. The number of amides is 2. The molecule has 4 rings (SSSR count). The maximum absolute atomic E-state index is 13.1. The van der Waals surface area contributed by atoms with E-state index in [-0.39, 0.29) is 24.1 Å². The molecule has 0 aliphatic carbocycles. The second kappa shape index (κ2) is 7.50. The standard InChI is InChI=1S/C21H23N3O4/c1-14(25)15-11-16(22-12-15)20(26)24-13-19(21(27)23-9-5-2-6-10-23)28-18-8-4-3-7-17(18)24/h3-4,7-8,11-12,19,22H,2,5-6,9-10,13H2,1H3/t19-/m0/s1. The number of piperidine rings is 1. The Labute approximate surface area is 163 Å². The van der Waals surface area contributed by atoms with Crippen LogP contribution in [0.15, 0.2) is 36.5 Å². The number of hydrogen-bond acceptors (Lipinski definition) is 4. The van der Waals surface area contributed by atoms with Crippen LogP contribution in [-0.4, -0.2) is 53.2 Å². The first kappa shape index (κ1) is 18.3. The molecule has 7 heteroatoms. The van der Waals surface area contributed by atoms with Crippen molar-refractivity contribution in [3.8, 4) is 5.75 Å². The molecular formula is C21H23N3O4. The van der Waals surface area contributed by atoms with E-state index in [0.29, 0.717) is 22.7 Å². The third-order valence-corrected chi connectivity index (χ3v) is 5.28. The molecule has 0 radical (unpaired) electrons. The number of ether oxygens (including phenoxy) is 1. The predicted octanol–water partition coefficient (Wildman–Crippen LogP) is 2.64. The van der Waals surface area contributed by atoms with Gasteiger partial charge in [-0.2, -0.15) is 0 Å². The summed E-state index contributed by atoms with van der Waals surface area (Å²) < 4.78 is 5.96. The number of nitrogens with one attached hydrogen (secondary N) is 1. The molecule has 0 saturated carbocycles. The Hall–Kier alpha value is -3.09. The molecule has 1 N–H and O–H groups in total. The Kier molecular flexibility index (Phi) is 4.90. The number of likely N-dealkylation sites (tertiary alicyclic amines) is 1. The summed E-state index contributed by atoms with van der Waals surface area (Å²) in [6.45, 7) is 3.05. The zero-order valence-electron chi connectivity index (χ0n) is 15.8. The number of aromatic nitrogens is 1. The van der Waals surface area contributed by atoms with E-state index in [1.807, 2.05) is 17.0 Å². The normalized spacial score (nSPS) is 19.0. The highest BCUT2D eigenvalue weighted by Gasteiger charge is 2.36. The van der Waals surface area contributed by atoms with Crippen LogP contribution in [0.4, 0.5) is 5.69 Å². The minimum absolute atomic E-state index is 0.0806. The smallest absolute Gasteiger partial charge is 0.274 e. The number of fused-ring (bicyclic) bond motifs is 1. The van der Waals surface area contributed by atoms with Crippen molar-refractivity contribution in [1.29, 1.82) is 0 Å². The molecule has 1 saturated heterocycles. The largest absolute Gasteiger partial charge is 0.476 e. The first-order valence-electron chi connectivity index (χ1n) is 9.60. The number of para-hydroxylation sites is 2. The van der Waals surface area contributed by atoms with Crippen LogP contribution < -0.4 is 9.64 Å². The number of H-pyrrole nitrogens is 1. The molecule has 1 aromatic heterocycles. The lowest BCUT2D eigenvalue weighted by Gasteiger charge is -2.37. The van der Waals surface area contributed by atoms with Crippen molar-refractivity contribution in [3.63, 3.8) is 0 Å². The number of nitrogens with zero attached hydrogens (tertiary/aromatic N) is 2. The molecule has 2 aliphatic heterocycles.